The van der Waals surface area contributed by atoms with Gasteiger partial charge >= 0.3 is 5.97 Å². The van der Waals surface area contributed by atoms with Crippen molar-refractivity contribution in [3.05, 3.63) is 42.5 Å². The van der Waals surface area contributed by atoms with Gasteiger partial charge in [0.15, 0.2) is 0 Å². The van der Waals surface area contributed by atoms with E-state index in [9.17, 15) is 9.90 Å². The number of aliphatic carboxylic acids is 1. The first kappa shape index (κ1) is 14.0. The maximum absolute atomic E-state index is 11.7. The molecule has 0 spiro atoms. The van der Waals surface area contributed by atoms with Crippen LogP contribution >= 0.6 is 0 Å². The number of hydrogen-bond donors (Lipinski definition) is 2. The third-order valence-corrected chi connectivity index (χ3v) is 2.97. The number of carboxylic acid groups (broad SMARTS) is 1. The van der Waals surface area contributed by atoms with Crippen molar-refractivity contribution in [1.82, 2.24) is 0 Å². The van der Waals surface area contributed by atoms with Crippen LogP contribution in [0.4, 0.5) is 5.69 Å². The zero-order chi connectivity index (χ0) is 14.5. The highest BCUT2D eigenvalue weighted by molar-refractivity contribution is 5.86. The normalized spacial score (nSPS) is 13.3. The summed E-state index contributed by atoms with van der Waals surface area (Å²) >= 11 is 0. The van der Waals surface area contributed by atoms with Gasteiger partial charge in [-0.1, -0.05) is 30.3 Å². The van der Waals surface area contributed by atoms with E-state index >= 15 is 0 Å². The Labute approximate surface area is 116 Å². The van der Waals surface area contributed by atoms with Gasteiger partial charge in [0, 0.05) is 0 Å². The van der Waals surface area contributed by atoms with Crippen LogP contribution in [0, 0.1) is 0 Å². The molecule has 3 N–H and O–H groups in total. The summed E-state index contributed by atoms with van der Waals surface area (Å²) in [7, 11) is 0. The lowest BCUT2D eigenvalue weighted by Gasteiger charge is -2.12. The number of carboxylic acids is 1. The van der Waals surface area contributed by atoms with Gasteiger partial charge in [-0.3, -0.25) is 9.79 Å². The van der Waals surface area contributed by atoms with Gasteiger partial charge in [-0.25, -0.2) is 0 Å². The molecular weight excluding hydrogens is 256 g/mol. The third-order valence-electron chi connectivity index (χ3n) is 2.97. The number of carbonyl (C=O) groups is 1. The monoisotopic (exact) mass is 271 g/mol. The third kappa shape index (κ3) is 3.55. The quantitative estimate of drug-likeness (QED) is 0.634. The fourth-order valence-electron chi connectivity index (χ4n) is 1.85. The Morgan fingerprint density at radius 2 is 1.95 bits per heavy atom. The largest absolute Gasteiger partial charge is 0.862 e. The number of aliphatic imine (C=N–C) groups is 1. The van der Waals surface area contributed by atoms with Crippen molar-refractivity contribution in [2.45, 2.75) is 18.9 Å². The molecule has 0 radical (unpaired) electrons. The van der Waals surface area contributed by atoms with Crippen molar-refractivity contribution in [1.29, 1.82) is 0 Å². The predicted octanol–water partition coefficient (Wildman–Crippen LogP) is 1.42. The van der Waals surface area contributed by atoms with E-state index in [1.807, 2.05) is 36.4 Å². The fourth-order valence-corrected chi connectivity index (χ4v) is 1.85. The average molecular weight is 271 g/mol. The van der Waals surface area contributed by atoms with Crippen LogP contribution in [0.5, 0.6) is 0 Å². The molecule has 2 aromatic carbocycles. The highest BCUT2D eigenvalue weighted by Gasteiger charge is 2.09. The number of benzene rings is 2. The van der Waals surface area contributed by atoms with Crippen LogP contribution in [-0.4, -0.2) is 23.0 Å². The molecule has 0 aliphatic rings. The molecule has 5 heteroatoms. The number of fused-ring (bicyclic) bond motifs is 1. The molecule has 20 heavy (non-hydrogen) atoms. The number of nitrogens with two attached hydrogens (primary N) is 1. The smallest absolute Gasteiger partial charge is 0.320 e. The second-order valence-corrected chi connectivity index (χ2v) is 4.52. The van der Waals surface area contributed by atoms with E-state index in [1.54, 1.807) is 6.07 Å². The standard InChI is InChI=1S/C15H16N2O3/c16-13(15(19)20)7-8-14(18)17-12-6-5-10-3-1-2-4-11(10)9-12/h1-6,9,13H,7-8,16H2,(H,17,18)(H,19,20)/p-1. The fraction of sp³-hybridized carbons (Fsp3) is 0.200. The van der Waals surface area contributed by atoms with E-state index in [0.717, 1.165) is 10.8 Å². The Balaban J connectivity index is 2.09. The minimum atomic E-state index is -1.11. The Kier molecular flexibility index (Phi) is 4.32. The summed E-state index contributed by atoms with van der Waals surface area (Å²) in [6.45, 7) is 0. The molecule has 0 bridgehead atoms. The first-order valence-electron chi connectivity index (χ1n) is 6.28. The van der Waals surface area contributed by atoms with Gasteiger partial charge in [-0.05, 0) is 41.6 Å². The lowest BCUT2D eigenvalue weighted by molar-refractivity contribution is -0.218. The highest BCUT2D eigenvalue weighted by Crippen LogP contribution is 2.21. The van der Waals surface area contributed by atoms with Crippen molar-refractivity contribution in [2.24, 2.45) is 10.7 Å². The minimum Gasteiger partial charge on any atom is -0.862 e. The molecule has 0 aliphatic heterocycles. The predicted molar refractivity (Wildman–Crippen MR) is 75.9 cm³/mol. The van der Waals surface area contributed by atoms with Crippen LogP contribution in [0.25, 0.3) is 10.8 Å². The second kappa shape index (κ2) is 6.16. The Bertz CT molecular complexity index is 652. The molecule has 1 unspecified atom stereocenters. The topological polar surface area (TPSA) is 98.7 Å². The van der Waals surface area contributed by atoms with Crippen LogP contribution in [0.2, 0.25) is 0 Å². The summed E-state index contributed by atoms with van der Waals surface area (Å²) in [5.74, 6) is -1.47. The maximum atomic E-state index is 11.7. The first-order chi connectivity index (χ1) is 9.56. The summed E-state index contributed by atoms with van der Waals surface area (Å²) in [5, 5.41) is 22.4. The molecule has 0 aliphatic carbocycles. The SMILES string of the molecule is NC(CCC([O-])=Nc1ccc2ccccc2c1)C(=O)O. The zero-order valence-corrected chi connectivity index (χ0v) is 10.8. The zero-order valence-electron chi connectivity index (χ0n) is 10.8. The molecule has 1 atom stereocenters. The van der Waals surface area contributed by atoms with E-state index < -0.39 is 12.0 Å². The summed E-state index contributed by atoms with van der Waals surface area (Å²) in [5.41, 5.74) is 5.91. The number of nitrogens with zero attached hydrogens (tertiary/aromatic N) is 1. The van der Waals surface area contributed by atoms with Crippen molar-refractivity contribution >= 4 is 28.3 Å². The molecule has 2 rings (SSSR count). The minimum absolute atomic E-state index is 0.0281. The molecule has 0 saturated carbocycles. The first-order valence-corrected chi connectivity index (χ1v) is 6.28. The lowest BCUT2D eigenvalue weighted by Crippen LogP contribution is -2.32. The van der Waals surface area contributed by atoms with Gasteiger partial charge in [0.2, 0.25) is 0 Å². The van der Waals surface area contributed by atoms with Crippen LogP contribution in [-0.2, 0) is 4.79 Å². The lowest BCUT2D eigenvalue weighted by atomic mass is 10.1. The van der Waals surface area contributed by atoms with Crippen molar-refractivity contribution in [3.63, 3.8) is 0 Å². The van der Waals surface area contributed by atoms with E-state index in [2.05, 4.69) is 4.99 Å². The van der Waals surface area contributed by atoms with E-state index in [4.69, 9.17) is 10.8 Å². The van der Waals surface area contributed by atoms with Gasteiger partial charge in [0.25, 0.3) is 0 Å². The van der Waals surface area contributed by atoms with Crippen LogP contribution < -0.4 is 10.8 Å². The Hall–Kier alpha value is -2.40. The Morgan fingerprint density at radius 1 is 1.25 bits per heavy atom. The molecule has 0 fully saturated rings. The van der Waals surface area contributed by atoms with E-state index in [-0.39, 0.29) is 18.7 Å². The molecule has 0 saturated heterocycles. The van der Waals surface area contributed by atoms with Gasteiger partial charge in [0.1, 0.15) is 6.04 Å². The summed E-state index contributed by atoms with van der Waals surface area (Å²) in [6.07, 6.45) is 0.117. The molecule has 104 valence electrons. The number of hydrogen-bond acceptors (Lipinski definition) is 4. The molecule has 0 heterocycles. The molecule has 5 nitrogen and oxygen atoms in total. The summed E-state index contributed by atoms with van der Waals surface area (Å²) in [6, 6.07) is 12.2. The summed E-state index contributed by atoms with van der Waals surface area (Å²) in [4.78, 5) is 14.5. The molecule has 0 amide bonds. The van der Waals surface area contributed by atoms with Crippen LogP contribution in [0.3, 0.4) is 0 Å². The maximum Gasteiger partial charge on any atom is 0.320 e. The molecule has 0 aromatic heterocycles. The second-order valence-electron chi connectivity index (χ2n) is 4.52. The van der Waals surface area contributed by atoms with Crippen LogP contribution in [0.1, 0.15) is 12.8 Å². The molecule has 2 aromatic rings. The van der Waals surface area contributed by atoms with E-state index in [0.29, 0.717) is 5.69 Å². The number of rotatable bonds is 5. The van der Waals surface area contributed by atoms with Crippen molar-refractivity contribution in [2.75, 3.05) is 0 Å². The van der Waals surface area contributed by atoms with E-state index in [1.165, 1.54) is 0 Å². The molecular formula is C15H15N2O3-. The van der Waals surface area contributed by atoms with Crippen molar-refractivity contribution in [3.8, 4) is 0 Å². The van der Waals surface area contributed by atoms with Crippen LogP contribution in [0.15, 0.2) is 47.5 Å². The summed E-state index contributed by atoms with van der Waals surface area (Å²) < 4.78 is 0. The van der Waals surface area contributed by atoms with Gasteiger partial charge in [0.05, 0.1) is 5.69 Å². The average Bonchev–Trinajstić information content (AvgIpc) is 2.44. The van der Waals surface area contributed by atoms with Gasteiger partial charge in [-0.2, -0.15) is 0 Å². The Morgan fingerprint density at radius 3 is 2.65 bits per heavy atom. The van der Waals surface area contributed by atoms with Gasteiger partial charge < -0.3 is 15.9 Å². The highest BCUT2D eigenvalue weighted by atomic mass is 16.4. The van der Waals surface area contributed by atoms with Crippen molar-refractivity contribution < 1.29 is 15.0 Å². The van der Waals surface area contributed by atoms with Gasteiger partial charge in [-0.15, -0.1) is 0 Å².